The minimum atomic E-state index is -0.839. The van der Waals surface area contributed by atoms with Crippen LogP contribution in [0, 0.1) is 0 Å². The number of aliphatic hydroxyl groups excluding tert-OH is 1. The van der Waals surface area contributed by atoms with E-state index in [1.807, 2.05) is 20.8 Å². The lowest BCUT2D eigenvalue weighted by molar-refractivity contribution is -0.132. The van der Waals surface area contributed by atoms with E-state index < -0.39 is 17.7 Å². The highest BCUT2D eigenvalue weighted by molar-refractivity contribution is 6.51. The molecule has 0 aromatic heterocycles. The van der Waals surface area contributed by atoms with Crippen LogP contribution in [0.3, 0.4) is 0 Å². The lowest BCUT2D eigenvalue weighted by Crippen LogP contribution is -2.29. The van der Waals surface area contributed by atoms with Crippen molar-refractivity contribution in [1.29, 1.82) is 0 Å². The van der Waals surface area contributed by atoms with Gasteiger partial charge in [-0.1, -0.05) is 24.3 Å². The second kappa shape index (κ2) is 11.0. The van der Waals surface area contributed by atoms with Crippen molar-refractivity contribution in [3.8, 4) is 17.2 Å². The Morgan fingerprint density at radius 1 is 0.778 bits per heavy atom. The van der Waals surface area contributed by atoms with Gasteiger partial charge in [-0.25, -0.2) is 0 Å². The normalized spacial score (nSPS) is 16.8. The third kappa shape index (κ3) is 4.91. The number of rotatable bonds is 9. The molecule has 1 N–H and O–H groups in total. The molecule has 1 amide bonds. The summed E-state index contributed by atoms with van der Waals surface area (Å²) in [6, 6.07) is 20.1. The minimum Gasteiger partial charge on any atom is -0.507 e. The van der Waals surface area contributed by atoms with Gasteiger partial charge in [0.2, 0.25) is 0 Å². The maximum absolute atomic E-state index is 13.3. The molecule has 4 rings (SSSR count). The summed E-state index contributed by atoms with van der Waals surface area (Å²) in [5.41, 5.74) is 1.57. The lowest BCUT2D eigenvalue weighted by Gasteiger charge is -2.26. The average Bonchev–Trinajstić information content (AvgIpc) is 3.15. The number of aliphatic hydroxyl groups is 1. The Morgan fingerprint density at radius 2 is 1.33 bits per heavy atom. The number of anilines is 1. The Labute approximate surface area is 210 Å². The number of hydrogen-bond acceptors (Lipinski definition) is 6. The molecule has 0 aliphatic carbocycles. The Hall–Kier alpha value is -4.26. The predicted octanol–water partition coefficient (Wildman–Crippen LogP) is 5.51. The molecule has 7 heteroatoms. The second-order valence-electron chi connectivity index (χ2n) is 8.06. The molecule has 1 saturated heterocycles. The van der Waals surface area contributed by atoms with Crippen LogP contribution >= 0.6 is 0 Å². The summed E-state index contributed by atoms with van der Waals surface area (Å²) in [6.07, 6.45) is 0. The molecule has 1 heterocycles. The average molecular weight is 488 g/mol. The maximum Gasteiger partial charge on any atom is 0.300 e. The molecule has 1 aliphatic rings. The van der Waals surface area contributed by atoms with Crippen LogP contribution in [0.5, 0.6) is 17.2 Å². The van der Waals surface area contributed by atoms with Crippen LogP contribution in [0.4, 0.5) is 5.69 Å². The lowest BCUT2D eigenvalue weighted by atomic mass is 9.95. The van der Waals surface area contributed by atoms with Crippen LogP contribution in [0.2, 0.25) is 0 Å². The van der Waals surface area contributed by atoms with Crippen LogP contribution in [-0.4, -0.2) is 36.6 Å². The molecule has 0 spiro atoms. The molecule has 0 radical (unpaired) electrons. The van der Waals surface area contributed by atoms with Crippen molar-refractivity contribution in [1.82, 2.24) is 0 Å². The number of ketones is 1. The van der Waals surface area contributed by atoms with Crippen molar-refractivity contribution in [2.24, 2.45) is 0 Å². The highest BCUT2D eigenvalue weighted by atomic mass is 16.5. The van der Waals surface area contributed by atoms with Gasteiger partial charge < -0.3 is 19.3 Å². The fraction of sp³-hybridized carbons (Fsp3) is 0.241. The molecular formula is C29H29NO6. The number of amides is 1. The molecule has 0 saturated carbocycles. The van der Waals surface area contributed by atoms with E-state index in [0.717, 1.165) is 0 Å². The maximum atomic E-state index is 13.3. The largest absolute Gasteiger partial charge is 0.507 e. The number of ether oxygens (including phenoxy) is 3. The smallest absolute Gasteiger partial charge is 0.300 e. The quantitative estimate of drug-likeness (QED) is 0.243. The molecule has 3 aromatic carbocycles. The zero-order valence-electron chi connectivity index (χ0n) is 20.6. The van der Waals surface area contributed by atoms with Crippen LogP contribution in [-0.2, 0) is 9.59 Å². The summed E-state index contributed by atoms with van der Waals surface area (Å²) in [4.78, 5) is 28.1. The van der Waals surface area contributed by atoms with Crippen molar-refractivity contribution in [2.75, 3.05) is 24.7 Å². The molecule has 7 nitrogen and oxygen atoms in total. The SMILES string of the molecule is CCOc1ccc(C2/C(=C(/O)c3cccc(OCC)c3)C(=O)C(=O)N2c2ccc(OCC)cc2)cc1. The van der Waals surface area contributed by atoms with E-state index in [0.29, 0.717) is 53.9 Å². The zero-order valence-corrected chi connectivity index (χ0v) is 20.6. The highest BCUT2D eigenvalue weighted by Gasteiger charge is 2.47. The van der Waals surface area contributed by atoms with Crippen molar-refractivity contribution >= 4 is 23.1 Å². The number of carbonyl (C=O) groups excluding carboxylic acids is 2. The van der Waals surface area contributed by atoms with Crippen LogP contribution in [0.15, 0.2) is 78.4 Å². The van der Waals surface area contributed by atoms with Gasteiger partial charge in [0.05, 0.1) is 31.4 Å². The third-order valence-electron chi connectivity index (χ3n) is 5.80. The summed E-state index contributed by atoms with van der Waals surface area (Å²) in [6.45, 7) is 7.13. The van der Waals surface area contributed by atoms with Gasteiger partial charge in [-0.15, -0.1) is 0 Å². The standard InChI is InChI=1S/C29H29NO6/c1-4-34-22-14-10-19(11-15-22)26-25(27(31)20-8-7-9-24(18-20)36-6-3)28(32)29(33)30(26)21-12-16-23(17-13-21)35-5-2/h7-18,26,31H,4-6H2,1-3H3/b27-25-. The van der Waals surface area contributed by atoms with Crippen molar-refractivity contribution in [3.05, 3.63) is 89.5 Å². The summed E-state index contributed by atoms with van der Waals surface area (Å²) in [5.74, 6) is 0.136. The Morgan fingerprint density at radius 3 is 1.92 bits per heavy atom. The van der Waals surface area contributed by atoms with Gasteiger partial charge in [-0.3, -0.25) is 14.5 Å². The molecular weight excluding hydrogens is 458 g/mol. The molecule has 1 aliphatic heterocycles. The summed E-state index contributed by atoms with van der Waals surface area (Å²) >= 11 is 0. The van der Waals surface area contributed by atoms with Crippen molar-refractivity contribution in [2.45, 2.75) is 26.8 Å². The van der Waals surface area contributed by atoms with E-state index in [9.17, 15) is 14.7 Å². The number of nitrogens with zero attached hydrogens (tertiary/aromatic N) is 1. The first-order valence-electron chi connectivity index (χ1n) is 12.0. The van der Waals surface area contributed by atoms with Crippen LogP contribution in [0.25, 0.3) is 5.76 Å². The minimum absolute atomic E-state index is 0.00620. The van der Waals surface area contributed by atoms with Crippen molar-refractivity contribution in [3.63, 3.8) is 0 Å². The Balaban J connectivity index is 1.86. The molecule has 186 valence electrons. The summed E-state index contributed by atoms with van der Waals surface area (Å²) < 4.78 is 16.6. The number of benzene rings is 3. The van der Waals surface area contributed by atoms with Gasteiger partial charge in [0.1, 0.15) is 23.0 Å². The predicted molar refractivity (Wildman–Crippen MR) is 138 cm³/mol. The summed E-state index contributed by atoms with van der Waals surface area (Å²) in [5, 5.41) is 11.3. The van der Waals surface area contributed by atoms with Gasteiger partial charge in [0.25, 0.3) is 11.7 Å². The molecule has 3 aromatic rings. The highest BCUT2D eigenvalue weighted by Crippen LogP contribution is 2.43. The van der Waals surface area contributed by atoms with Gasteiger partial charge >= 0.3 is 0 Å². The molecule has 36 heavy (non-hydrogen) atoms. The van der Waals surface area contributed by atoms with E-state index in [4.69, 9.17) is 14.2 Å². The second-order valence-corrected chi connectivity index (χ2v) is 8.06. The number of carbonyl (C=O) groups is 2. The first kappa shape index (κ1) is 24.9. The first-order chi connectivity index (χ1) is 17.5. The topological polar surface area (TPSA) is 85.3 Å². The fourth-order valence-electron chi connectivity index (χ4n) is 4.25. The fourth-order valence-corrected chi connectivity index (χ4v) is 4.25. The third-order valence-corrected chi connectivity index (χ3v) is 5.80. The van der Waals surface area contributed by atoms with Gasteiger partial charge in [-0.05, 0) is 74.9 Å². The van der Waals surface area contributed by atoms with E-state index in [-0.39, 0.29) is 11.3 Å². The number of Topliss-reactive ketones (excluding diaryl/α,β-unsaturated/α-hetero) is 1. The Bertz CT molecular complexity index is 1260. The van der Waals surface area contributed by atoms with Gasteiger partial charge in [-0.2, -0.15) is 0 Å². The van der Waals surface area contributed by atoms with Gasteiger partial charge in [0, 0.05) is 11.3 Å². The molecule has 1 fully saturated rings. The molecule has 1 atom stereocenters. The molecule has 1 unspecified atom stereocenters. The Kier molecular flexibility index (Phi) is 7.59. The zero-order chi connectivity index (χ0) is 25.7. The van der Waals surface area contributed by atoms with Crippen LogP contribution < -0.4 is 19.1 Å². The van der Waals surface area contributed by atoms with Crippen molar-refractivity contribution < 1.29 is 28.9 Å². The van der Waals surface area contributed by atoms with E-state index >= 15 is 0 Å². The monoisotopic (exact) mass is 487 g/mol. The van der Waals surface area contributed by atoms with E-state index in [1.165, 1.54) is 4.90 Å². The van der Waals surface area contributed by atoms with E-state index in [2.05, 4.69) is 0 Å². The van der Waals surface area contributed by atoms with Crippen LogP contribution in [0.1, 0.15) is 37.9 Å². The molecule has 0 bridgehead atoms. The first-order valence-corrected chi connectivity index (χ1v) is 12.0. The number of hydrogen-bond donors (Lipinski definition) is 1. The summed E-state index contributed by atoms with van der Waals surface area (Å²) in [7, 11) is 0. The van der Waals surface area contributed by atoms with Gasteiger partial charge in [0.15, 0.2) is 0 Å². The van der Waals surface area contributed by atoms with E-state index in [1.54, 1.807) is 72.8 Å².